The van der Waals surface area contributed by atoms with Crippen molar-refractivity contribution >= 4 is 22.9 Å². The van der Waals surface area contributed by atoms with Gasteiger partial charge < -0.3 is 4.57 Å². The highest BCUT2D eigenvalue weighted by Gasteiger charge is 2.05. The highest BCUT2D eigenvalue weighted by Crippen LogP contribution is 2.24. The fourth-order valence-corrected chi connectivity index (χ4v) is 1.83. The van der Waals surface area contributed by atoms with Gasteiger partial charge in [-0.1, -0.05) is 11.3 Å². The van der Waals surface area contributed by atoms with Gasteiger partial charge in [0, 0.05) is 24.9 Å². The first kappa shape index (κ1) is 9.36. The molecule has 0 atom stereocenters. The molecule has 6 heteroatoms. The highest BCUT2D eigenvalue weighted by atomic mass is 35.5. The first-order chi connectivity index (χ1) is 6.66. The second-order valence-electron chi connectivity index (χ2n) is 2.72. The molecule has 0 spiro atoms. The SMILES string of the molecule is Cn1ccc(-c2nnc(Cl)s2)cc1=O. The van der Waals surface area contributed by atoms with Crippen LogP contribution in [0.25, 0.3) is 10.6 Å². The van der Waals surface area contributed by atoms with Crippen molar-refractivity contribution in [1.82, 2.24) is 14.8 Å². The summed E-state index contributed by atoms with van der Waals surface area (Å²) in [6.45, 7) is 0. The van der Waals surface area contributed by atoms with Gasteiger partial charge in [0.1, 0.15) is 5.01 Å². The summed E-state index contributed by atoms with van der Waals surface area (Å²) in [6.07, 6.45) is 1.69. The minimum atomic E-state index is -0.0752. The van der Waals surface area contributed by atoms with E-state index in [-0.39, 0.29) is 5.56 Å². The first-order valence-electron chi connectivity index (χ1n) is 3.83. The predicted molar refractivity (Wildman–Crippen MR) is 55.6 cm³/mol. The second kappa shape index (κ2) is 3.51. The summed E-state index contributed by atoms with van der Waals surface area (Å²) in [6, 6.07) is 3.31. The molecule has 0 aliphatic heterocycles. The van der Waals surface area contributed by atoms with Gasteiger partial charge in [0.15, 0.2) is 0 Å². The molecule has 0 aliphatic carbocycles. The van der Waals surface area contributed by atoms with Crippen LogP contribution >= 0.6 is 22.9 Å². The Morgan fingerprint density at radius 3 is 2.86 bits per heavy atom. The van der Waals surface area contributed by atoms with Gasteiger partial charge in [0.2, 0.25) is 4.47 Å². The van der Waals surface area contributed by atoms with Gasteiger partial charge in [-0.3, -0.25) is 4.79 Å². The lowest BCUT2D eigenvalue weighted by molar-refractivity contribution is 0.861. The first-order valence-corrected chi connectivity index (χ1v) is 5.02. The third-order valence-electron chi connectivity index (χ3n) is 1.75. The topological polar surface area (TPSA) is 47.8 Å². The van der Waals surface area contributed by atoms with Gasteiger partial charge in [0.05, 0.1) is 0 Å². The lowest BCUT2D eigenvalue weighted by Crippen LogP contribution is -2.13. The van der Waals surface area contributed by atoms with Gasteiger partial charge in [-0.15, -0.1) is 10.2 Å². The molecular formula is C8H6ClN3OS. The van der Waals surface area contributed by atoms with Crippen LogP contribution < -0.4 is 5.56 Å². The third kappa shape index (κ3) is 1.69. The molecule has 0 saturated heterocycles. The molecule has 2 aromatic heterocycles. The summed E-state index contributed by atoms with van der Waals surface area (Å²) in [5.74, 6) is 0. The van der Waals surface area contributed by atoms with Crippen LogP contribution in [0.2, 0.25) is 4.47 Å². The van der Waals surface area contributed by atoms with Gasteiger partial charge in [-0.2, -0.15) is 0 Å². The van der Waals surface area contributed by atoms with Gasteiger partial charge in [-0.25, -0.2) is 0 Å². The summed E-state index contributed by atoms with van der Waals surface area (Å²) >= 11 is 6.89. The number of hydrogen-bond acceptors (Lipinski definition) is 4. The van der Waals surface area contributed by atoms with E-state index in [0.29, 0.717) is 9.47 Å². The average Bonchev–Trinajstić information content (AvgIpc) is 2.57. The number of aromatic nitrogens is 3. The van der Waals surface area contributed by atoms with Gasteiger partial charge in [0.25, 0.3) is 5.56 Å². The van der Waals surface area contributed by atoms with E-state index in [1.807, 2.05) is 0 Å². The van der Waals surface area contributed by atoms with Crippen LogP contribution in [-0.4, -0.2) is 14.8 Å². The van der Waals surface area contributed by atoms with Crippen molar-refractivity contribution < 1.29 is 0 Å². The lowest BCUT2D eigenvalue weighted by atomic mass is 10.3. The number of rotatable bonds is 1. The largest absolute Gasteiger partial charge is 0.319 e. The standard InChI is InChI=1S/C8H6ClN3OS/c1-12-3-2-5(4-6(12)13)7-10-11-8(9)14-7/h2-4H,1H3. The van der Waals surface area contributed by atoms with E-state index in [1.165, 1.54) is 22.0 Å². The summed E-state index contributed by atoms with van der Waals surface area (Å²) < 4.78 is 1.87. The zero-order valence-electron chi connectivity index (χ0n) is 7.27. The van der Waals surface area contributed by atoms with E-state index in [2.05, 4.69) is 10.2 Å². The summed E-state index contributed by atoms with van der Waals surface area (Å²) in [4.78, 5) is 11.3. The van der Waals surface area contributed by atoms with Crippen molar-refractivity contribution in [3.63, 3.8) is 0 Å². The summed E-state index contributed by atoms with van der Waals surface area (Å²) in [7, 11) is 1.69. The van der Waals surface area contributed by atoms with Crippen LogP contribution in [0.4, 0.5) is 0 Å². The molecule has 72 valence electrons. The molecule has 4 nitrogen and oxygen atoms in total. The number of aryl methyl sites for hydroxylation is 1. The monoisotopic (exact) mass is 227 g/mol. The molecular weight excluding hydrogens is 222 g/mol. The Bertz CT molecular complexity index is 519. The second-order valence-corrected chi connectivity index (χ2v) is 4.28. The van der Waals surface area contributed by atoms with Gasteiger partial charge in [-0.05, 0) is 17.7 Å². The lowest BCUT2D eigenvalue weighted by Gasteiger charge is -1.97. The maximum absolute atomic E-state index is 11.3. The molecule has 0 bridgehead atoms. The Kier molecular flexibility index (Phi) is 2.35. The number of pyridine rings is 1. The number of hydrogen-bond donors (Lipinski definition) is 0. The number of halogens is 1. The fraction of sp³-hybridized carbons (Fsp3) is 0.125. The van der Waals surface area contributed by atoms with Crippen LogP contribution in [0.1, 0.15) is 0 Å². The van der Waals surface area contributed by atoms with E-state index in [9.17, 15) is 4.79 Å². The molecule has 0 amide bonds. The van der Waals surface area contributed by atoms with Crippen molar-refractivity contribution in [3.8, 4) is 10.6 Å². The van der Waals surface area contributed by atoms with Crippen LogP contribution in [-0.2, 0) is 7.05 Å². The Balaban J connectivity index is 2.53. The molecule has 0 saturated carbocycles. The van der Waals surface area contributed by atoms with Crippen LogP contribution in [0.15, 0.2) is 23.1 Å². The van der Waals surface area contributed by atoms with Crippen molar-refractivity contribution in [2.45, 2.75) is 0 Å². The van der Waals surface area contributed by atoms with Crippen molar-refractivity contribution in [3.05, 3.63) is 33.2 Å². The fourth-order valence-electron chi connectivity index (χ4n) is 1.00. The summed E-state index contributed by atoms with van der Waals surface area (Å²) in [5.41, 5.74) is 0.673. The Hall–Kier alpha value is -1.20. The van der Waals surface area contributed by atoms with Gasteiger partial charge >= 0.3 is 0 Å². The third-order valence-corrected chi connectivity index (χ3v) is 2.82. The molecule has 14 heavy (non-hydrogen) atoms. The van der Waals surface area contributed by atoms with Crippen molar-refractivity contribution in [2.75, 3.05) is 0 Å². The molecule has 2 rings (SSSR count). The predicted octanol–water partition coefficient (Wildman–Crippen LogP) is 1.56. The molecule has 0 fully saturated rings. The molecule has 2 aromatic rings. The molecule has 0 radical (unpaired) electrons. The maximum Gasteiger partial charge on any atom is 0.250 e. The van der Waals surface area contributed by atoms with E-state index in [1.54, 1.807) is 19.3 Å². The van der Waals surface area contributed by atoms with Crippen LogP contribution in [0.3, 0.4) is 0 Å². The molecule has 0 aromatic carbocycles. The molecule has 0 unspecified atom stereocenters. The zero-order valence-corrected chi connectivity index (χ0v) is 8.84. The average molecular weight is 228 g/mol. The normalized spacial score (nSPS) is 10.4. The van der Waals surface area contributed by atoms with Crippen LogP contribution in [0.5, 0.6) is 0 Å². The molecule has 2 heterocycles. The van der Waals surface area contributed by atoms with E-state index in [4.69, 9.17) is 11.6 Å². The number of nitrogens with zero attached hydrogens (tertiary/aromatic N) is 3. The Morgan fingerprint density at radius 1 is 1.50 bits per heavy atom. The Labute approximate surface area is 88.8 Å². The minimum absolute atomic E-state index is 0.0752. The van der Waals surface area contributed by atoms with E-state index in [0.717, 1.165) is 5.56 Å². The van der Waals surface area contributed by atoms with E-state index < -0.39 is 0 Å². The molecule has 0 N–H and O–H groups in total. The van der Waals surface area contributed by atoms with Crippen molar-refractivity contribution in [2.24, 2.45) is 7.05 Å². The molecule has 0 aliphatic rings. The summed E-state index contributed by atoms with van der Waals surface area (Å²) in [5, 5.41) is 8.18. The van der Waals surface area contributed by atoms with Crippen molar-refractivity contribution in [1.29, 1.82) is 0 Å². The minimum Gasteiger partial charge on any atom is -0.319 e. The highest BCUT2D eigenvalue weighted by molar-refractivity contribution is 7.18. The smallest absolute Gasteiger partial charge is 0.250 e. The quantitative estimate of drug-likeness (QED) is 0.743. The van der Waals surface area contributed by atoms with E-state index >= 15 is 0 Å². The Morgan fingerprint density at radius 2 is 2.29 bits per heavy atom. The maximum atomic E-state index is 11.3. The van der Waals surface area contributed by atoms with Crippen LogP contribution in [0, 0.1) is 0 Å². The zero-order chi connectivity index (χ0) is 10.1.